The van der Waals surface area contributed by atoms with Crippen molar-refractivity contribution < 1.29 is 4.42 Å². The first-order chi connectivity index (χ1) is 9.16. The molecule has 0 amide bonds. The summed E-state index contributed by atoms with van der Waals surface area (Å²) in [5.41, 5.74) is 1.83. The van der Waals surface area contributed by atoms with E-state index in [-0.39, 0.29) is 5.63 Å². The second-order valence-corrected chi connectivity index (χ2v) is 5.52. The smallest absolute Gasteiger partial charge is 0.344 e. The van der Waals surface area contributed by atoms with Gasteiger partial charge in [-0.2, -0.15) is 0 Å². The molecule has 0 aliphatic rings. The van der Waals surface area contributed by atoms with Crippen LogP contribution in [0.2, 0.25) is 0 Å². The van der Waals surface area contributed by atoms with E-state index in [0.717, 1.165) is 14.5 Å². The minimum Gasteiger partial charge on any atom is -0.421 e. The van der Waals surface area contributed by atoms with Crippen LogP contribution in [-0.4, -0.2) is 0 Å². The van der Waals surface area contributed by atoms with Crippen molar-refractivity contribution in [3.63, 3.8) is 0 Å². The molecule has 3 rings (SSSR count). The molecule has 0 aliphatic heterocycles. The lowest BCUT2D eigenvalue weighted by Crippen LogP contribution is -2.02. The third kappa shape index (κ3) is 2.18. The monoisotopic (exact) mass is 362 g/mol. The number of aryl methyl sites for hydroxylation is 1. The average Bonchev–Trinajstić information content (AvgIpc) is 2.44. The molecule has 0 fully saturated rings. The zero-order valence-corrected chi connectivity index (χ0v) is 12.5. The van der Waals surface area contributed by atoms with E-state index < -0.39 is 0 Å². The molecule has 0 radical (unpaired) electrons. The third-order valence-electron chi connectivity index (χ3n) is 3.09. The molecule has 0 unspecified atom stereocenters. The van der Waals surface area contributed by atoms with Gasteiger partial charge in [0.05, 0.1) is 8.96 Å². The number of hydrogen-bond acceptors (Lipinski definition) is 2. The van der Waals surface area contributed by atoms with Gasteiger partial charge in [0, 0.05) is 10.9 Å². The second-order valence-electron chi connectivity index (χ2n) is 4.44. The Morgan fingerprint density at radius 1 is 0.947 bits per heavy atom. The molecule has 3 heteroatoms. The van der Waals surface area contributed by atoms with Crippen molar-refractivity contribution in [3.05, 3.63) is 68.1 Å². The Kier molecular flexibility index (Phi) is 3.14. The van der Waals surface area contributed by atoms with Gasteiger partial charge in [-0.1, -0.05) is 48.0 Å². The average molecular weight is 362 g/mol. The van der Waals surface area contributed by atoms with Crippen LogP contribution < -0.4 is 5.63 Å². The first-order valence-corrected chi connectivity index (χ1v) is 7.03. The Balaban J connectivity index is 2.33. The van der Waals surface area contributed by atoms with E-state index >= 15 is 0 Å². The topological polar surface area (TPSA) is 30.2 Å². The number of rotatable bonds is 1. The van der Waals surface area contributed by atoms with E-state index in [2.05, 4.69) is 22.6 Å². The maximum Gasteiger partial charge on any atom is 0.344 e. The highest BCUT2D eigenvalue weighted by Crippen LogP contribution is 2.29. The maximum absolute atomic E-state index is 12.0. The van der Waals surface area contributed by atoms with Crippen LogP contribution in [0.3, 0.4) is 0 Å². The predicted octanol–water partition coefficient (Wildman–Crippen LogP) is 4.37. The maximum atomic E-state index is 12.0. The van der Waals surface area contributed by atoms with Crippen LogP contribution in [0.5, 0.6) is 0 Å². The molecule has 0 saturated carbocycles. The Morgan fingerprint density at radius 2 is 1.58 bits per heavy atom. The second kappa shape index (κ2) is 4.81. The van der Waals surface area contributed by atoms with Crippen molar-refractivity contribution in [3.8, 4) is 11.3 Å². The molecule has 94 valence electrons. The van der Waals surface area contributed by atoms with Crippen molar-refractivity contribution in [2.24, 2.45) is 0 Å². The van der Waals surface area contributed by atoms with Crippen LogP contribution in [0, 0.1) is 10.5 Å². The molecular weight excluding hydrogens is 351 g/mol. The van der Waals surface area contributed by atoms with Gasteiger partial charge < -0.3 is 4.42 Å². The molecule has 19 heavy (non-hydrogen) atoms. The third-order valence-corrected chi connectivity index (χ3v) is 4.16. The van der Waals surface area contributed by atoms with Crippen LogP contribution in [0.1, 0.15) is 5.56 Å². The highest BCUT2D eigenvalue weighted by Gasteiger charge is 2.12. The van der Waals surface area contributed by atoms with E-state index in [1.165, 1.54) is 5.56 Å². The molecular formula is C16H11IO2. The summed E-state index contributed by atoms with van der Waals surface area (Å²) in [6.45, 7) is 2.03. The molecule has 1 heterocycles. The van der Waals surface area contributed by atoms with Crippen molar-refractivity contribution >= 4 is 33.4 Å². The van der Waals surface area contributed by atoms with Gasteiger partial charge in [-0.3, -0.25) is 0 Å². The van der Waals surface area contributed by atoms with Crippen LogP contribution in [0.25, 0.3) is 22.1 Å². The summed E-state index contributed by atoms with van der Waals surface area (Å²) in [5.74, 6) is 0.643. The zero-order chi connectivity index (χ0) is 13.4. The standard InChI is InChI=1S/C16H11IO2/c1-10-6-8-11(9-7-10)15-14(17)12-4-2-3-5-13(12)16(18)19-15/h2-9H,1H3. The van der Waals surface area contributed by atoms with Gasteiger partial charge in [0.2, 0.25) is 0 Å². The van der Waals surface area contributed by atoms with Gasteiger partial charge >= 0.3 is 5.63 Å². The predicted molar refractivity (Wildman–Crippen MR) is 85.4 cm³/mol. The minimum atomic E-state index is -0.286. The zero-order valence-electron chi connectivity index (χ0n) is 10.3. The highest BCUT2D eigenvalue weighted by atomic mass is 127. The lowest BCUT2D eigenvalue weighted by atomic mass is 10.1. The van der Waals surface area contributed by atoms with Gasteiger partial charge in [-0.15, -0.1) is 0 Å². The Labute approximate surface area is 124 Å². The van der Waals surface area contributed by atoms with Crippen molar-refractivity contribution in [1.82, 2.24) is 0 Å². The molecule has 0 aliphatic carbocycles. The molecule has 0 saturated heterocycles. The van der Waals surface area contributed by atoms with Crippen LogP contribution >= 0.6 is 22.6 Å². The summed E-state index contributed by atoms with van der Waals surface area (Å²) < 4.78 is 6.45. The summed E-state index contributed by atoms with van der Waals surface area (Å²) in [6, 6.07) is 15.5. The van der Waals surface area contributed by atoms with E-state index in [1.807, 2.05) is 49.4 Å². The molecule has 0 spiro atoms. The largest absolute Gasteiger partial charge is 0.421 e. The molecule has 1 aromatic heterocycles. The van der Waals surface area contributed by atoms with Crippen LogP contribution in [-0.2, 0) is 0 Å². The summed E-state index contributed by atoms with van der Waals surface area (Å²) in [5, 5.41) is 1.57. The highest BCUT2D eigenvalue weighted by molar-refractivity contribution is 14.1. The summed E-state index contributed by atoms with van der Waals surface area (Å²) >= 11 is 2.23. The minimum absolute atomic E-state index is 0.286. The van der Waals surface area contributed by atoms with Crippen molar-refractivity contribution in [2.75, 3.05) is 0 Å². The lowest BCUT2D eigenvalue weighted by Gasteiger charge is -2.06. The molecule has 2 nitrogen and oxygen atoms in total. The van der Waals surface area contributed by atoms with Crippen LogP contribution in [0.15, 0.2) is 57.7 Å². The Hall–Kier alpha value is -1.62. The number of halogens is 1. The van der Waals surface area contributed by atoms with Crippen LogP contribution in [0.4, 0.5) is 0 Å². The quantitative estimate of drug-likeness (QED) is 0.602. The van der Waals surface area contributed by atoms with Crippen molar-refractivity contribution in [1.29, 1.82) is 0 Å². The summed E-state index contributed by atoms with van der Waals surface area (Å²) in [6.07, 6.45) is 0. The summed E-state index contributed by atoms with van der Waals surface area (Å²) in [4.78, 5) is 12.0. The normalized spacial score (nSPS) is 10.8. The van der Waals surface area contributed by atoms with E-state index in [9.17, 15) is 4.79 Å². The fraction of sp³-hybridized carbons (Fsp3) is 0.0625. The number of hydrogen-bond donors (Lipinski definition) is 0. The fourth-order valence-corrected chi connectivity index (χ4v) is 2.95. The number of benzene rings is 2. The van der Waals surface area contributed by atoms with Crippen molar-refractivity contribution in [2.45, 2.75) is 6.92 Å². The molecule has 2 aromatic carbocycles. The van der Waals surface area contributed by atoms with E-state index in [4.69, 9.17) is 4.42 Å². The SMILES string of the molecule is Cc1ccc(-c2oc(=O)c3ccccc3c2I)cc1. The Bertz CT molecular complexity index is 801. The molecule has 0 atom stereocenters. The first kappa shape index (κ1) is 12.4. The summed E-state index contributed by atoms with van der Waals surface area (Å²) in [7, 11) is 0. The Morgan fingerprint density at radius 3 is 2.26 bits per heavy atom. The van der Waals surface area contributed by atoms with E-state index in [0.29, 0.717) is 11.1 Å². The molecule has 0 bridgehead atoms. The van der Waals surface area contributed by atoms with Gasteiger partial charge in [0.1, 0.15) is 0 Å². The fourth-order valence-electron chi connectivity index (χ4n) is 2.06. The van der Waals surface area contributed by atoms with Gasteiger partial charge in [-0.05, 0) is 35.6 Å². The number of fused-ring (bicyclic) bond motifs is 1. The molecule has 3 aromatic rings. The van der Waals surface area contributed by atoms with Gasteiger partial charge in [0.25, 0.3) is 0 Å². The van der Waals surface area contributed by atoms with E-state index in [1.54, 1.807) is 6.07 Å². The van der Waals surface area contributed by atoms with Gasteiger partial charge in [0.15, 0.2) is 5.76 Å². The molecule has 0 N–H and O–H groups in total. The first-order valence-electron chi connectivity index (χ1n) is 5.95. The lowest BCUT2D eigenvalue weighted by molar-refractivity contribution is 0.532. The van der Waals surface area contributed by atoms with Gasteiger partial charge in [-0.25, -0.2) is 4.79 Å².